The molecule has 1 aromatic rings. The molecule has 0 aliphatic heterocycles. The van der Waals surface area contributed by atoms with Gasteiger partial charge in [0, 0.05) is 17.8 Å². The van der Waals surface area contributed by atoms with Crippen LogP contribution in [0.5, 0.6) is 0 Å². The number of aryl methyl sites for hydroxylation is 1. The highest BCUT2D eigenvalue weighted by Crippen LogP contribution is 2.12. The fourth-order valence-electron chi connectivity index (χ4n) is 0.823. The van der Waals surface area contributed by atoms with Crippen LogP contribution in [0.2, 0.25) is 0 Å². The molecule has 1 atom stereocenters. The molecule has 56 valence electrons. The van der Waals surface area contributed by atoms with Gasteiger partial charge in [0.1, 0.15) is 0 Å². The Bertz CT molecular complexity index is 209. The number of aliphatic hydroxyl groups excluding tert-OH is 1. The first-order chi connectivity index (χ1) is 4.75. The first-order valence-electron chi connectivity index (χ1n) is 3.13. The number of H-pyrrole nitrogens is 1. The molecule has 4 N–H and O–H groups in total. The molecule has 1 unspecified atom stereocenters. The molecule has 10 heavy (non-hydrogen) atoms. The fourth-order valence-corrected chi connectivity index (χ4v) is 0.823. The standard InChI is InChI=1S/C6H11N3O/c1-4-5(3-8-9-4)6(10)2-7/h3,6,10H,2,7H2,1H3,(H,8,9). The lowest BCUT2D eigenvalue weighted by Crippen LogP contribution is -2.11. The van der Waals surface area contributed by atoms with Crippen LogP contribution in [0.15, 0.2) is 6.20 Å². The summed E-state index contributed by atoms with van der Waals surface area (Å²) in [6, 6.07) is 0. The Morgan fingerprint density at radius 3 is 3.00 bits per heavy atom. The first kappa shape index (κ1) is 7.24. The predicted molar refractivity (Wildman–Crippen MR) is 37.3 cm³/mol. The van der Waals surface area contributed by atoms with Gasteiger partial charge in [0.05, 0.1) is 12.3 Å². The number of nitrogens with one attached hydrogen (secondary N) is 1. The zero-order valence-corrected chi connectivity index (χ0v) is 5.83. The van der Waals surface area contributed by atoms with Crippen molar-refractivity contribution in [1.29, 1.82) is 0 Å². The monoisotopic (exact) mass is 141 g/mol. The summed E-state index contributed by atoms with van der Waals surface area (Å²) in [5.41, 5.74) is 6.89. The molecule has 0 aromatic carbocycles. The maximum atomic E-state index is 9.21. The summed E-state index contributed by atoms with van der Waals surface area (Å²) >= 11 is 0. The second kappa shape index (κ2) is 2.81. The van der Waals surface area contributed by atoms with Gasteiger partial charge in [0.2, 0.25) is 0 Å². The van der Waals surface area contributed by atoms with Crippen LogP contribution in [0.4, 0.5) is 0 Å². The van der Waals surface area contributed by atoms with Gasteiger partial charge in [-0.1, -0.05) is 0 Å². The number of nitrogens with zero attached hydrogens (tertiary/aromatic N) is 1. The van der Waals surface area contributed by atoms with E-state index in [4.69, 9.17) is 5.73 Å². The van der Waals surface area contributed by atoms with Crippen molar-refractivity contribution in [3.05, 3.63) is 17.5 Å². The lowest BCUT2D eigenvalue weighted by Gasteiger charge is -2.04. The topological polar surface area (TPSA) is 74.9 Å². The van der Waals surface area contributed by atoms with Crippen molar-refractivity contribution in [1.82, 2.24) is 10.2 Å². The number of hydrogen-bond donors (Lipinski definition) is 3. The van der Waals surface area contributed by atoms with Crippen molar-refractivity contribution in [2.24, 2.45) is 5.73 Å². The predicted octanol–water partition coefficient (Wildman–Crippen LogP) is -0.290. The third kappa shape index (κ3) is 1.17. The largest absolute Gasteiger partial charge is 0.387 e. The van der Waals surface area contributed by atoms with Crippen LogP contribution >= 0.6 is 0 Å². The Hall–Kier alpha value is -0.870. The summed E-state index contributed by atoms with van der Waals surface area (Å²) in [5.74, 6) is 0. The van der Waals surface area contributed by atoms with Gasteiger partial charge in [-0.05, 0) is 6.92 Å². The minimum Gasteiger partial charge on any atom is -0.387 e. The van der Waals surface area contributed by atoms with Crippen molar-refractivity contribution >= 4 is 0 Å². The van der Waals surface area contributed by atoms with Crippen LogP contribution in [0.25, 0.3) is 0 Å². The molecule has 0 spiro atoms. The van der Waals surface area contributed by atoms with Crippen molar-refractivity contribution in [2.75, 3.05) is 6.54 Å². The average molecular weight is 141 g/mol. The van der Waals surface area contributed by atoms with E-state index in [0.29, 0.717) is 0 Å². The van der Waals surface area contributed by atoms with E-state index < -0.39 is 6.10 Å². The number of hydrogen-bond acceptors (Lipinski definition) is 3. The second-order valence-electron chi connectivity index (χ2n) is 2.20. The molecule has 0 aliphatic carbocycles. The Morgan fingerprint density at radius 2 is 2.60 bits per heavy atom. The van der Waals surface area contributed by atoms with Crippen LogP contribution in [-0.2, 0) is 0 Å². The minimum absolute atomic E-state index is 0.236. The molecule has 0 fully saturated rings. The molecule has 0 aliphatic rings. The van der Waals surface area contributed by atoms with Gasteiger partial charge < -0.3 is 10.8 Å². The lowest BCUT2D eigenvalue weighted by molar-refractivity contribution is 0.186. The molecule has 0 saturated carbocycles. The number of aromatic amines is 1. The van der Waals surface area contributed by atoms with Crippen molar-refractivity contribution in [3.63, 3.8) is 0 Å². The van der Waals surface area contributed by atoms with E-state index in [1.807, 2.05) is 6.92 Å². The molecule has 1 aromatic heterocycles. The van der Waals surface area contributed by atoms with Crippen LogP contribution in [0.1, 0.15) is 17.4 Å². The molecule has 0 bridgehead atoms. The molecule has 0 radical (unpaired) electrons. The zero-order chi connectivity index (χ0) is 7.56. The normalized spacial score (nSPS) is 13.5. The lowest BCUT2D eigenvalue weighted by atomic mass is 10.1. The van der Waals surface area contributed by atoms with Crippen molar-refractivity contribution in [2.45, 2.75) is 13.0 Å². The molecule has 4 heteroatoms. The van der Waals surface area contributed by atoms with E-state index in [1.165, 1.54) is 0 Å². The quantitative estimate of drug-likeness (QED) is 0.529. The van der Waals surface area contributed by atoms with Crippen LogP contribution in [0, 0.1) is 6.92 Å². The summed E-state index contributed by atoms with van der Waals surface area (Å²) in [6.07, 6.45) is 1.01. The molecule has 4 nitrogen and oxygen atoms in total. The van der Waals surface area contributed by atoms with E-state index >= 15 is 0 Å². The molecule has 0 saturated heterocycles. The summed E-state index contributed by atoms with van der Waals surface area (Å²) in [7, 11) is 0. The molecule has 0 amide bonds. The number of rotatable bonds is 2. The van der Waals surface area contributed by atoms with Crippen LogP contribution in [0.3, 0.4) is 0 Å². The molecular formula is C6H11N3O. The third-order valence-corrected chi connectivity index (χ3v) is 1.45. The van der Waals surface area contributed by atoms with E-state index in [1.54, 1.807) is 6.20 Å². The summed E-state index contributed by atoms with van der Waals surface area (Å²) in [4.78, 5) is 0. The summed E-state index contributed by atoms with van der Waals surface area (Å²) < 4.78 is 0. The smallest absolute Gasteiger partial charge is 0.0945 e. The van der Waals surface area contributed by atoms with Gasteiger partial charge in [-0.3, -0.25) is 5.10 Å². The highest BCUT2D eigenvalue weighted by molar-refractivity contribution is 5.17. The summed E-state index contributed by atoms with van der Waals surface area (Å²) in [5, 5.41) is 15.7. The van der Waals surface area contributed by atoms with Gasteiger partial charge >= 0.3 is 0 Å². The minimum atomic E-state index is -0.584. The zero-order valence-electron chi connectivity index (χ0n) is 5.83. The Labute approximate surface area is 59.1 Å². The van der Waals surface area contributed by atoms with Crippen LogP contribution in [-0.4, -0.2) is 21.8 Å². The van der Waals surface area contributed by atoms with E-state index in [-0.39, 0.29) is 6.54 Å². The van der Waals surface area contributed by atoms with Gasteiger partial charge in [-0.2, -0.15) is 5.10 Å². The maximum absolute atomic E-state index is 9.21. The van der Waals surface area contributed by atoms with Gasteiger partial charge in [0.25, 0.3) is 0 Å². The van der Waals surface area contributed by atoms with Gasteiger partial charge in [0.15, 0.2) is 0 Å². The Kier molecular flexibility index (Phi) is 2.03. The average Bonchev–Trinajstić information content (AvgIpc) is 2.34. The van der Waals surface area contributed by atoms with Crippen LogP contribution < -0.4 is 5.73 Å². The Balaban J connectivity index is 2.82. The molecule has 1 heterocycles. The van der Waals surface area contributed by atoms with E-state index in [2.05, 4.69) is 10.2 Å². The van der Waals surface area contributed by atoms with Gasteiger partial charge in [-0.25, -0.2) is 0 Å². The molecular weight excluding hydrogens is 130 g/mol. The van der Waals surface area contributed by atoms with E-state index in [9.17, 15) is 5.11 Å². The van der Waals surface area contributed by atoms with Crippen molar-refractivity contribution < 1.29 is 5.11 Å². The highest BCUT2D eigenvalue weighted by Gasteiger charge is 2.08. The molecule has 1 rings (SSSR count). The van der Waals surface area contributed by atoms with Gasteiger partial charge in [-0.15, -0.1) is 0 Å². The first-order valence-corrected chi connectivity index (χ1v) is 3.13. The Morgan fingerprint density at radius 1 is 1.90 bits per heavy atom. The summed E-state index contributed by atoms with van der Waals surface area (Å²) in [6.45, 7) is 2.08. The third-order valence-electron chi connectivity index (χ3n) is 1.45. The number of nitrogens with two attached hydrogens (primary N) is 1. The second-order valence-corrected chi connectivity index (χ2v) is 2.20. The van der Waals surface area contributed by atoms with E-state index in [0.717, 1.165) is 11.3 Å². The highest BCUT2D eigenvalue weighted by atomic mass is 16.3. The maximum Gasteiger partial charge on any atom is 0.0945 e. The number of aromatic nitrogens is 2. The number of aliphatic hydroxyl groups is 1. The fraction of sp³-hybridized carbons (Fsp3) is 0.500. The van der Waals surface area contributed by atoms with Crippen molar-refractivity contribution in [3.8, 4) is 0 Å². The SMILES string of the molecule is Cc1[nH]ncc1C(O)CN.